The van der Waals surface area contributed by atoms with Crippen molar-refractivity contribution in [1.82, 2.24) is 9.88 Å². The average molecular weight is 270 g/mol. The summed E-state index contributed by atoms with van der Waals surface area (Å²) in [6, 6.07) is -0.0187. The number of amides is 1. The van der Waals surface area contributed by atoms with Gasteiger partial charge in [0, 0.05) is 30.7 Å². The van der Waals surface area contributed by atoms with E-state index in [1.54, 1.807) is 6.20 Å². The Kier molecular flexibility index (Phi) is 4.65. The quantitative estimate of drug-likeness (QED) is 0.813. The molecule has 0 spiro atoms. The van der Waals surface area contributed by atoms with Gasteiger partial charge in [-0.15, -0.1) is 11.3 Å². The molecule has 7 heteroatoms. The van der Waals surface area contributed by atoms with Crippen LogP contribution in [0.4, 0.5) is 5.13 Å². The normalized spacial score (nSPS) is 22.7. The Labute approximate surface area is 110 Å². The minimum Gasteiger partial charge on any atom is -0.374 e. The van der Waals surface area contributed by atoms with Crippen LogP contribution in [0.3, 0.4) is 0 Å². The van der Waals surface area contributed by atoms with E-state index in [0.717, 1.165) is 6.54 Å². The van der Waals surface area contributed by atoms with E-state index in [-0.39, 0.29) is 18.1 Å². The Balaban J connectivity index is 1.80. The Morgan fingerprint density at radius 1 is 1.83 bits per heavy atom. The van der Waals surface area contributed by atoms with Crippen LogP contribution in [0.25, 0.3) is 0 Å². The molecule has 2 unspecified atom stereocenters. The lowest BCUT2D eigenvalue weighted by Crippen LogP contribution is -2.51. The highest BCUT2D eigenvalue weighted by Crippen LogP contribution is 2.11. The fourth-order valence-corrected chi connectivity index (χ4v) is 2.39. The van der Waals surface area contributed by atoms with Gasteiger partial charge in [0.15, 0.2) is 5.13 Å². The van der Waals surface area contributed by atoms with E-state index in [2.05, 4.69) is 15.2 Å². The number of anilines is 1. The van der Waals surface area contributed by atoms with Crippen LogP contribution in [0.15, 0.2) is 11.6 Å². The smallest absolute Gasteiger partial charge is 0.240 e. The Hall–Kier alpha value is -1.02. The summed E-state index contributed by atoms with van der Waals surface area (Å²) in [4.78, 5) is 17.9. The Morgan fingerprint density at radius 3 is 3.33 bits per heavy atom. The molecule has 2 heterocycles. The zero-order chi connectivity index (χ0) is 13.0. The highest BCUT2D eigenvalue weighted by molar-refractivity contribution is 7.13. The molecule has 100 valence electrons. The van der Waals surface area contributed by atoms with E-state index >= 15 is 0 Å². The fourth-order valence-electron chi connectivity index (χ4n) is 1.84. The van der Waals surface area contributed by atoms with Gasteiger partial charge in [-0.25, -0.2) is 4.98 Å². The lowest BCUT2D eigenvalue weighted by atomic mass is 10.1. The molecule has 1 amide bonds. The van der Waals surface area contributed by atoms with Gasteiger partial charge in [-0.3, -0.25) is 9.69 Å². The van der Waals surface area contributed by atoms with Crippen molar-refractivity contribution in [3.8, 4) is 0 Å². The third-order valence-corrected chi connectivity index (χ3v) is 3.50. The van der Waals surface area contributed by atoms with Crippen molar-refractivity contribution in [3.63, 3.8) is 0 Å². The molecule has 6 nitrogen and oxygen atoms in total. The van der Waals surface area contributed by atoms with Crippen LogP contribution in [0.5, 0.6) is 0 Å². The number of aromatic nitrogens is 1. The van der Waals surface area contributed by atoms with Crippen LogP contribution >= 0.6 is 11.3 Å². The Morgan fingerprint density at radius 2 is 2.67 bits per heavy atom. The van der Waals surface area contributed by atoms with Crippen LogP contribution in [-0.2, 0) is 9.53 Å². The van der Waals surface area contributed by atoms with Crippen molar-refractivity contribution in [2.75, 3.05) is 31.6 Å². The van der Waals surface area contributed by atoms with Crippen molar-refractivity contribution < 1.29 is 9.53 Å². The number of hydrogen-bond donors (Lipinski definition) is 2. The molecule has 1 aromatic rings. The molecule has 1 aliphatic heterocycles. The molecule has 2 atom stereocenters. The monoisotopic (exact) mass is 270 g/mol. The second kappa shape index (κ2) is 6.24. The summed E-state index contributed by atoms with van der Waals surface area (Å²) in [5.74, 6) is -0.0460. The first-order valence-electron chi connectivity index (χ1n) is 5.94. The van der Waals surface area contributed by atoms with Gasteiger partial charge in [0.05, 0.1) is 19.3 Å². The predicted octanol–water partition coefficient (Wildman–Crippen LogP) is 0.130. The largest absolute Gasteiger partial charge is 0.374 e. The maximum atomic E-state index is 11.8. The molecule has 1 saturated heterocycles. The van der Waals surface area contributed by atoms with Crippen molar-refractivity contribution >= 4 is 22.4 Å². The molecule has 0 saturated carbocycles. The number of nitrogens with zero attached hydrogens (tertiary/aromatic N) is 2. The lowest BCUT2D eigenvalue weighted by Gasteiger charge is -2.34. The maximum Gasteiger partial charge on any atom is 0.240 e. The first-order valence-corrected chi connectivity index (χ1v) is 6.82. The molecule has 0 bridgehead atoms. The van der Waals surface area contributed by atoms with Gasteiger partial charge in [-0.2, -0.15) is 0 Å². The predicted molar refractivity (Wildman–Crippen MR) is 70.6 cm³/mol. The van der Waals surface area contributed by atoms with Gasteiger partial charge in [0.1, 0.15) is 0 Å². The van der Waals surface area contributed by atoms with Gasteiger partial charge in [0.2, 0.25) is 5.91 Å². The van der Waals surface area contributed by atoms with Crippen molar-refractivity contribution in [2.24, 2.45) is 5.73 Å². The molecule has 1 aliphatic rings. The van der Waals surface area contributed by atoms with E-state index in [1.807, 2.05) is 12.3 Å². The standard InChI is InChI=1S/C11H18N4O2S/c1-8(12)9-6-15(3-4-17-9)7-10(16)14-11-13-2-5-18-11/h2,5,8-9H,3-4,6-7,12H2,1H3,(H,13,14,16). The first-order chi connectivity index (χ1) is 8.65. The van der Waals surface area contributed by atoms with Crippen LogP contribution in [0, 0.1) is 0 Å². The van der Waals surface area contributed by atoms with Crippen molar-refractivity contribution in [2.45, 2.75) is 19.1 Å². The zero-order valence-corrected chi connectivity index (χ0v) is 11.2. The van der Waals surface area contributed by atoms with Gasteiger partial charge >= 0.3 is 0 Å². The summed E-state index contributed by atoms with van der Waals surface area (Å²) in [5.41, 5.74) is 5.81. The first kappa shape index (κ1) is 13.4. The molecule has 0 aromatic carbocycles. The van der Waals surface area contributed by atoms with Crippen molar-refractivity contribution in [1.29, 1.82) is 0 Å². The van der Waals surface area contributed by atoms with E-state index in [4.69, 9.17) is 10.5 Å². The summed E-state index contributed by atoms with van der Waals surface area (Å²) in [6.07, 6.45) is 1.67. The number of nitrogens with one attached hydrogen (secondary N) is 1. The number of carbonyl (C=O) groups is 1. The van der Waals surface area contributed by atoms with Gasteiger partial charge in [-0.05, 0) is 6.92 Å². The molecule has 18 heavy (non-hydrogen) atoms. The van der Waals surface area contributed by atoms with Crippen LogP contribution < -0.4 is 11.1 Å². The van der Waals surface area contributed by atoms with E-state index in [0.29, 0.717) is 24.8 Å². The van der Waals surface area contributed by atoms with Crippen LogP contribution in [0.2, 0.25) is 0 Å². The number of thiazole rings is 1. The van der Waals surface area contributed by atoms with Gasteiger partial charge in [0.25, 0.3) is 0 Å². The third-order valence-electron chi connectivity index (χ3n) is 2.81. The highest BCUT2D eigenvalue weighted by Gasteiger charge is 2.24. The summed E-state index contributed by atoms with van der Waals surface area (Å²) >= 11 is 1.41. The number of morpholine rings is 1. The molecule has 3 N–H and O–H groups in total. The maximum absolute atomic E-state index is 11.8. The fraction of sp³-hybridized carbons (Fsp3) is 0.636. The van der Waals surface area contributed by atoms with Gasteiger partial charge < -0.3 is 15.8 Å². The molecular weight excluding hydrogens is 252 g/mol. The lowest BCUT2D eigenvalue weighted by molar-refractivity contribution is -0.119. The minimum absolute atomic E-state index is 0.00594. The number of carbonyl (C=O) groups excluding carboxylic acids is 1. The van der Waals surface area contributed by atoms with Gasteiger partial charge in [-0.1, -0.05) is 0 Å². The molecule has 0 radical (unpaired) electrons. The third kappa shape index (κ3) is 3.74. The van der Waals surface area contributed by atoms with E-state index in [1.165, 1.54) is 11.3 Å². The Bertz CT molecular complexity index is 382. The molecular formula is C11H18N4O2S. The summed E-state index contributed by atoms with van der Waals surface area (Å²) in [5, 5.41) is 5.23. The second-order valence-corrected chi connectivity index (χ2v) is 5.28. The van der Waals surface area contributed by atoms with E-state index in [9.17, 15) is 4.79 Å². The topological polar surface area (TPSA) is 80.5 Å². The zero-order valence-electron chi connectivity index (χ0n) is 10.3. The van der Waals surface area contributed by atoms with Crippen LogP contribution in [0.1, 0.15) is 6.92 Å². The molecule has 1 aromatic heterocycles. The molecule has 1 fully saturated rings. The number of nitrogens with two attached hydrogens (primary N) is 1. The average Bonchev–Trinajstić information content (AvgIpc) is 2.82. The van der Waals surface area contributed by atoms with Crippen LogP contribution in [-0.4, -0.2) is 54.2 Å². The van der Waals surface area contributed by atoms with Crippen molar-refractivity contribution in [3.05, 3.63) is 11.6 Å². The summed E-state index contributed by atoms with van der Waals surface area (Å²) < 4.78 is 5.55. The second-order valence-electron chi connectivity index (χ2n) is 4.39. The number of hydrogen-bond acceptors (Lipinski definition) is 6. The minimum atomic E-state index is -0.0460. The summed E-state index contributed by atoms with van der Waals surface area (Å²) in [7, 11) is 0. The highest BCUT2D eigenvalue weighted by atomic mass is 32.1. The number of rotatable bonds is 4. The summed E-state index contributed by atoms with van der Waals surface area (Å²) in [6.45, 7) is 4.35. The number of ether oxygens (including phenoxy) is 1. The molecule has 0 aliphatic carbocycles. The molecule has 2 rings (SSSR count). The SMILES string of the molecule is CC(N)C1CN(CC(=O)Nc2nccs2)CCO1. The van der Waals surface area contributed by atoms with E-state index < -0.39 is 0 Å².